The van der Waals surface area contributed by atoms with Gasteiger partial charge >= 0.3 is 0 Å². The maximum atomic E-state index is 13.0. The van der Waals surface area contributed by atoms with Gasteiger partial charge in [0.2, 0.25) is 0 Å². The fourth-order valence-electron chi connectivity index (χ4n) is 3.70. The van der Waals surface area contributed by atoms with Crippen molar-refractivity contribution in [2.24, 2.45) is 4.99 Å². The highest BCUT2D eigenvalue weighted by Gasteiger charge is 2.27. The number of nitrogens with zero attached hydrogens (tertiary/aromatic N) is 3. The SMILES string of the molecule is C=NC(=O)c1c(C)cc2c(c1Cl)CCN(C(=O)c1cc3ccccn3c1)C2. The molecule has 2 amide bonds. The van der Waals surface area contributed by atoms with E-state index in [-0.39, 0.29) is 5.91 Å². The first-order valence-electron chi connectivity index (χ1n) is 8.67. The lowest BCUT2D eigenvalue weighted by Gasteiger charge is -2.30. The molecule has 0 atom stereocenters. The quantitative estimate of drug-likeness (QED) is 0.633. The molecule has 1 aliphatic heterocycles. The molecule has 4 rings (SSSR count). The molecule has 0 saturated heterocycles. The summed E-state index contributed by atoms with van der Waals surface area (Å²) >= 11 is 6.49. The molecule has 0 saturated carbocycles. The second-order valence-corrected chi connectivity index (χ2v) is 7.10. The number of aryl methyl sites for hydroxylation is 1. The highest BCUT2D eigenvalue weighted by Crippen LogP contribution is 2.33. The van der Waals surface area contributed by atoms with Gasteiger partial charge in [-0.2, -0.15) is 0 Å². The van der Waals surface area contributed by atoms with Gasteiger partial charge in [0.1, 0.15) is 0 Å². The van der Waals surface area contributed by atoms with E-state index < -0.39 is 5.91 Å². The lowest BCUT2D eigenvalue weighted by atomic mass is 9.93. The van der Waals surface area contributed by atoms with Gasteiger partial charge in [-0.15, -0.1) is 0 Å². The zero-order valence-corrected chi connectivity index (χ0v) is 15.7. The summed E-state index contributed by atoms with van der Waals surface area (Å²) in [6.45, 7) is 6.15. The van der Waals surface area contributed by atoms with Gasteiger partial charge in [-0.1, -0.05) is 23.7 Å². The zero-order chi connectivity index (χ0) is 19.1. The van der Waals surface area contributed by atoms with Gasteiger partial charge < -0.3 is 9.30 Å². The normalized spacial score (nSPS) is 13.5. The molecule has 2 aromatic heterocycles. The highest BCUT2D eigenvalue weighted by molar-refractivity contribution is 6.35. The third kappa shape index (κ3) is 2.94. The van der Waals surface area contributed by atoms with Crippen LogP contribution in [-0.4, -0.2) is 34.4 Å². The summed E-state index contributed by atoms with van der Waals surface area (Å²) in [6, 6.07) is 9.67. The molecule has 136 valence electrons. The number of pyridine rings is 1. The minimum atomic E-state index is -0.417. The number of carbonyl (C=O) groups is 2. The molecule has 6 heteroatoms. The van der Waals surface area contributed by atoms with Crippen molar-refractivity contribution < 1.29 is 9.59 Å². The molecule has 0 bridgehead atoms. The van der Waals surface area contributed by atoms with Crippen LogP contribution in [0.25, 0.3) is 5.52 Å². The molecular weight excluding hydrogens is 362 g/mol. The van der Waals surface area contributed by atoms with Crippen molar-refractivity contribution in [2.75, 3.05) is 6.54 Å². The Hall–Kier alpha value is -2.92. The molecule has 0 fully saturated rings. The number of aliphatic imine (C=N–C) groups is 1. The molecule has 0 spiro atoms. The third-order valence-electron chi connectivity index (χ3n) is 5.05. The average Bonchev–Trinajstić information content (AvgIpc) is 3.10. The first kappa shape index (κ1) is 17.5. The zero-order valence-electron chi connectivity index (χ0n) is 14.9. The van der Waals surface area contributed by atoms with Gasteiger partial charge in [0.15, 0.2) is 0 Å². The largest absolute Gasteiger partial charge is 0.334 e. The first-order chi connectivity index (χ1) is 13.0. The van der Waals surface area contributed by atoms with Crippen LogP contribution in [0.3, 0.4) is 0 Å². The summed E-state index contributed by atoms with van der Waals surface area (Å²) in [7, 11) is 0. The van der Waals surface area contributed by atoms with Crippen LogP contribution < -0.4 is 0 Å². The Bertz CT molecular complexity index is 1070. The topological polar surface area (TPSA) is 54.2 Å². The Kier molecular flexibility index (Phi) is 4.32. The third-order valence-corrected chi connectivity index (χ3v) is 5.46. The van der Waals surface area contributed by atoms with Crippen LogP contribution in [0.4, 0.5) is 0 Å². The van der Waals surface area contributed by atoms with Crippen LogP contribution in [0.2, 0.25) is 5.02 Å². The highest BCUT2D eigenvalue weighted by atomic mass is 35.5. The Labute approximate surface area is 161 Å². The van der Waals surface area contributed by atoms with Crippen molar-refractivity contribution in [3.05, 3.63) is 75.6 Å². The summed E-state index contributed by atoms with van der Waals surface area (Å²) in [5.74, 6) is -0.426. The second kappa shape index (κ2) is 6.67. The van der Waals surface area contributed by atoms with E-state index in [4.69, 9.17) is 11.6 Å². The lowest BCUT2D eigenvalue weighted by Crippen LogP contribution is -2.36. The summed E-state index contributed by atoms with van der Waals surface area (Å²) in [6.07, 6.45) is 4.38. The fraction of sp³-hybridized carbons (Fsp3) is 0.190. The maximum Gasteiger partial charge on any atom is 0.278 e. The van der Waals surface area contributed by atoms with E-state index in [0.29, 0.717) is 35.7 Å². The molecule has 0 N–H and O–H groups in total. The number of benzene rings is 1. The van der Waals surface area contributed by atoms with E-state index in [9.17, 15) is 9.59 Å². The van der Waals surface area contributed by atoms with Gasteiger partial charge in [0.05, 0.1) is 16.1 Å². The van der Waals surface area contributed by atoms with Gasteiger partial charge in [-0.25, -0.2) is 4.99 Å². The van der Waals surface area contributed by atoms with Crippen molar-refractivity contribution in [2.45, 2.75) is 19.9 Å². The molecule has 3 heterocycles. The van der Waals surface area contributed by atoms with Crippen molar-refractivity contribution in [3.8, 4) is 0 Å². The minimum Gasteiger partial charge on any atom is -0.334 e. The summed E-state index contributed by atoms with van der Waals surface area (Å²) < 4.78 is 1.94. The summed E-state index contributed by atoms with van der Waals surface area (Å²) in [5, 5.41) is 0.434. The molecule has 0 unspecified atom stereocenters. The van der Waals surface area contributed by atoms with E-state index >= 15 is 0 Å². The minimum absolute atomic E-state index is 0.00830. The summed E-state index contributed by atoms with van der Waals surface area (Å²) in [5.41, 5.74) is 4.69. The van der Waals surface area contributed by atoms with Crippen LogP contribution in [-0.2, 0) is 13.0 Å². The molecule has 0 aliphatic carbocycles. The summed E-state index contributed by atoms with van der Waals surface area (Å²) in [4.78, 5) is 30.3. The van der Waals surface area contributed by atoms with Gasteiger partial charge in [-0.05, 0) is 55.0 Å². The van der Waals surface area contributed by atoms with Crippen LogP contribution in [0.15, 0.2) is 47.7 Å². The first-order valence-corrected chi connectivity index (χ1v) is 9.05. The molecular formula is C21H18ClN3O2. The molecule has 5 nitrogen and oxygen atoms in total. The number of hydrogen-bond acceptors (Lipinski definition) is 2. The Morgan fingerprint density at radius 2 is 2.07 bits per heavy atom. The number of halogens is 1. The number of carbonyl (C=O) groups excluding carboxylic acids is 2. The molecule has 27 heavy (non-hydrogen) atoms. The standard InChI is InChI=1S/C21H18ClN3O2/c1-13-9-14-11-25(8-6-17(14)19(22)18(13)20(26)23-2)21(27)15-10-16-5-3-4-7-24(16)12-15/h3-5,7,9-10,12H,2,6,8,11H2,1H3. The molecule has 1 aliphatic rings. The van der Waals surface area contributed by atoms with Crippen LogP contribution in [0.5, 0.6) is 0 Å². The number of aromatic nitrogens is 1. The number of hydrogen-bond donors (Lipinski definition) is 0. The van der Waals surface area contributed by atoms with Crippen molar-refractivity contribution >= 4 is 35.6 Å². The van der Waals surface area contributed by atoms with Gasteiger partial charge in [0.25, 0.3) is 11.8 Å². The van der Waals surface area contributed by atoms with E-state index in [2.05, 4.69) is 11.7 Å². The predicted octanol–water partition coefficient (Wildman–Crippen LogP) is 3.94. The fourth-order valence-corrected chi connectivity index (χ4v) is 4.14. The van der Waals surface area contributed by atoms with E-state index in [1.54, 1.807) is 0 Å². The number of fused-ring (bicyclic) bond motifs is 2. The molecule has 1 aromatic carbocycles. The van der Waals surface area contributed by atoms with Crippen molar-refractivity contribution in [1.29, 1.82) is 0 Å². The Morgan fingerprint density at radius 3 is 2.81 bits per heavy atom. The predicted molar refractivity (Wildman–Crippen MR) is 106 cm³/mol. The van der Waals surface area contributed by atoms with Crippen molar-refractivity contribution in [3.63, 3.8) is 0 Å². The van der Waals surface area contributed by atoms with E-state index in [1.165, 1.54) is 0 Å². The van der Waals surface area contributed by atoms with Gasteiger partial charge in [0, 0.05) is 31.0 Å². The van der Waals surface area contributed by atoms with Crippen molar-refractivity contribution in [1.82, 2.24) is 9.30 Å². The lowest BCUT2D eigenvalue weighted by molar-refractivity contribution is 0.0734. The number of amides is 2. The van der Waals surface area contributed by atoms with Crippen LogP contribution >= 0.6 is 11.6 Å². The average molecular weight is 380 g/mol. The second-order valence-electron chi connectivity index (χ2n) is 6.72. The molecule has 0 radical (unpaired) electrons. The smallest absolute Gasteiger partial charge is 0.278 e. The van der Waals surface area contributed by atoms with E-state index in [1.807, 2.05) is 58.9 Å². The Balaban J connectivity index is 1.65. The van der Waals surface area contributed by atoms with Crippen LogP contribution in [0, 0.1) is 6.92 Å². The van der Waals surface area contributed by atoms with Crippen LogP contribution in [0.1, 0.15) is 37.4 Å². The maximum absolute atomic E-state index is 13.0. The van der Waals surface area contributed by atoms with Gasteiger partial charge in [-0.3, -0.25) is 9.59 Å². The van der Waals surface area contributed by atoms with E-state index in [0.717, 1.165) is 22.2 Å². The monoisotopic (exact) mass is 379 g/mol. The number of rotatable bonds is 2. The Morgan fingerprint density at radius 1 is 1.26 bits per heavy atom. The molecule has 3 aromatic rings.